The van der Waals surface area contributed by atoms with Gasteiger partial charge >= 0.3 is 6.09 Å². The van der Waals surface area contributed by atoms with E-state index in [9.17, 15) is 9.59 Å². The largest absolute Gasteiger partial charge is 0.465 e. The van der Waals surface area contributed by atoms with Gasteiger partial charge in [0.2, 0.25) is 0 Å². The zero-order valence-electron chi connectivity index (χ0n) is 17.7. The summed E-state index contributed by atoms with van der Waals surface area (Å²) >= 11 is 0. The number of hydrogen-bond donors (Lipinski definition) is 3. The van der Waals surface area contributed by atoms with Crippen molar-refractivity contribution in [1.82, 2.24) is 20.5 Å². The molecule has 1 aromatic heterocycles. The molecule has 2 amide bonds. The van der Waals surface area contributed by atoms with Gasteiger partial charge in [-0.2, -0.15) is 0 Å². The molecule has 1 unspecified atom stereocenters. The molecule has 8 heteroatoms. The van der Waals surface area contributed by atoms with Gasteiger partial charge in [-0.1, -0.05) is 30.3 Å². The summed E-state index contributed by atoms with van der Waals surface area (Å²) in [6.07, 6.45) is 0.679. The van der Waals surface area contributed by atoms with Gasteiger partial charge in [-0.25, -0.2) is 14.2 Å². The van der Waals surface area contributed by atoms with Crippen LogP contribution < -0.4 is 10.6 Å². The lowest BCUT2D eigenvalue weighted by atomic mass is 9.91. The summed E-state index contributed by atoms with van der Waals surface area (Å²) < 4.78 is 15.0. The van der Waals surface area contributed by atoms with Crippen LogP contribution in [0.1, 0.15) is 46.6 Å². The fourth-order valence-electron chi connectivity index (χ4n) is 3.89. The number of likely N-dealkylation sites (tertiary alicyclic amines) is 1. The summed E-state index contributed by atoms with van der Waals surface area (Å²) in [5.41, 5.74) is 1.62. The highest BCUT2D eigenvalue weighted by atomic mass is 19.1. The number of halogens is 1. The van der Waals surface area contributed by atoms with Crippen LogP contribution in [0.4, 0.5) is 9.18 Å². The first-order valence-corrected chi connectivity index (χ1v) is 10.5. The van der Waals surface area contributed by atoms with Crippen molar-refractivity contribution >= 4 is 12.0 Å². The summed E-state index contributed by atoms with van der Waals surface area (Å²) in [7, 11) is 1.57. The van der Waals surface area contributed by atoms with Crippen molar-refractivity contribution in [3.05, 3.63) is 65.0 Å². The predicted molar refractivity (Wildman–Crippen MR) is 116 cm³/mol. The van der Waals surface area contributed by atoms with E-state index in [-0.39, 0.29) is 18.9 Å². The summed E-state index contributed by atoms with van der Waals surface area (Å²) in [5.74, 6) is -0.255. The van der Waals surface area contributed by atoms with Crippen LogP contribution >= 0.6 is 0 Å². The SMILES string of the molecule is CNC(=O)c1cc(CNCCC2(F)CCCN(C(=O)O)C2)cc(Cc2ccccc2)n1. The third-order valence-corrected chi connectivity index (χ3v) is 5.50. The van der Waals surface area contributed by atoms with Crippen LogP contribution in [0.5, 0.6) is 0 Å². The van der Waals surface area contributed by atoms with Gasteiger partial charge in [0.1, 0.15) is 11.4 Å². The zero-order chi connectivity index (χ0) is 22.3. The first-order valence-electron chi connectivity index (χ1n) is 10.5. The molecule has 3 N–H and O–H groups in total. The molecule has 3 rings (SSSR count). The third kappa shape index (κ3) is 6.49. The van der Waals surface area contributed by atoms with Crippen LogP contribution in [0.25, 0.3) is 0 Å². The minimum atomic E-state index is -1.51. The number of piperidine rings is 1. The molecule has 1 aliphatic heterocycles. The van der Waals surface area contributed by atoms with Crippen molar-refractivity contribution in [3.8, 4) is 0 Å². The summed E-state index contributed by atoms with van der Waals surface area (Å²) in [6, 6.07) is 13.6. The van der Waals surface area contributed by atoms with Crippen LogP contribution in [-0.4, -0.2) is 59.3 Å². The number of hydrogen-bond acceptors (Lipinski definition) is 4. The molecule has 31 heavy (non-hydrogen) atoms. The molecule has 0 spiro atoms. The number of nitrogens with one attached hydrogen (secondary N) is 2. The van der Waals surface area contributed by atoms with Crippen molar-refractivity contribution in [2.75, 3.05) is 26.7 Å². The predicted octanol–water partition coefficient (Wildman–Crippen LogP) is 2.99. The number of carbonyl (C=O) groups excluding carboxylic acids is 1. The Hall–Kier alpha value is -3.00. The Morgan fingerprint density at radius 2 is 2.00 bits per heavy atom. The van der Waals surface area contributed by atoms with E-state index in [0.717, 1.165) is 21.7 Å². The lowest BCUT2D eigenvalue weighted by Crippen LogP contribution is -2.48. The number of nitrogens with zero attached hydrogens (tertiary/aromatic N) is 2. The van der Waals surface area contributed by atoms with Gasteiger partial charge in [-0.15, -0.1) is 0 Å². The average Bonchev–Trinajstić information content (AvgIpc) is 2.77. The van der Waals surface area contributed by atoms with Gasteiger partial charge in [-0.05, 0) is 49.1 Å². The van der Waals surface area contributed by atoms with Crippen molar-refractivity contribution < 1.29 is 19.1 Å². The van der Waals surface area contributed by atoms with Crippen LogP contribution in [0.15, 0.2) is 42.5 Å². The van der Waals surface area contributed by atoms with E-state index in [0.29, 0.717) is 44.6 Å². The molecule has 2 aromatic rings. The normalized spacial score (nSPS) is 18.6. The number of pyridine rings is 1. The van der Waals surface area contributed by atoms with E-state index >= 15 is 4.39 Å². The molecule has 1 saturated heterocycles. The molecule has 0 saturated carbocycles. The number of rotatable bonds is 8. The molecule has 1 aliphatic rings. The van der Waals surface area contributed by atoms with Crippen molar-refractivity contribution in [2.24, 2.45) is 0 Å². The highest BCUT2D eigenvalue weighted by molar-refractivity contribution is 5.92. The Bertz CT molecular complexity index is 909. The fraction of sp³-hybridized carbons (Fsp3) is 0.435. The molecular formula is C23H29FN4O3. The Balaban J connectivity index is 1.61. The molecule has 1 aromatic carbocycles. The maximum atomic E-state index is 15.0. The Labute approximate surface area is 181 Å². The van der Waals surface area contributed by atoms with Gasteiger partial charge in [0.25, 0.3) is 5.91 Å². The standard InChI is InChI=1S/C23H29FN4O3/c1-25-21(29)20-14-18(13-19(27-20)12-17-6-3-2-4-7-17)15-26-10-9-23(24)8-5-11-28(16-23)22(30)31/h2-4,6-7,13-14,26H,5,8-12,15-16H2,1H3,(H,25,29)(H,30,31). The van der Waals surface area contributed by atoms with Crippen LogP contribution in [0, 0.1) is 0 Å². The quantitative estimate of drug-likeness (QED) is 0.562. The molecular weight excluding hydrogens is 399 g/mol. The first kappa shape index (κ1) is 22.7. The van der Waals surface area contributed by atoms with Crippen molar-refractivity contribution in [1.29, 1.82) is 0 Å². The van der Waals surface area contributed by atoms with Gasteiger partial charge in [0, 0.05) is 32.3 Å². The van der Waals surface area contributed by atoms with E-state index < -0.39 is 11.8 Å². The number of amides is 2. The highest BCUT2D eigenvalue weighted by Gasteiger charge is 2.36. The van der Waals surface area contributed by atoms with Crippen molar-refractivity contribution in [2.45, 2.75) is 37.9 Å². The third-order valence-electron chi connectivity index (χ3n) is 5.50. The molecule has 2 heterocycles. The topological polar surface area (TPSA) is 94.6 Å². The Kier molecular flexibility index (Phi) is 7.57. The van der Waals surface area contributed by atoms with E-state index in [1.165, 1.54) is 0 Å². The van der Waals surface area contributed by atoms with E-state index in [1.807, 2.05) is 36.4 Å². The van der Waals surface area contributed by atoms with Crippen molar-refractivity contribution in [3.63, 3.8) is 0 Å². The Morgan fingerprint density at radius 3 is 2.71 bits per heavy atom. The molecule has 1 atom stereocenters. The lowest BCUT2D eigenvalue weighted by Gasteiger charge is -2.36. The van der Waals surface area contributed by atoms with Gasteiger partial charge in [0.05, 0.1) is 6.54 Å². The van der Waals surface area contributed by atoms with Crippen LogP contribution in [0.2, 0.25) is 0 Å². The molecule has 166 valence electrons. The van der Waals surface area contributed by atoms with Gasteiger partial charge in [-0.3, -0.25) is 4.79 Å². The molecule has 7 nitrogen and oxygen atoms in total. The number of carbonyl (C=O) groups is 2. The highest BCUT2D eigenvalue weighted by Crippen LogP contribution is 2.28. The number of benzene rings is 1. The monoisotopic (exact) mass is 428 g/mol. The second-order valence-electron chi connectivity index (χ2n) is 7.98. The van der Waals surface area contributed by atoms with Gasteiger partial charge in [0.15, 0.2) is 0 Å². The molecule has 0 bridgehead atoms. The lowest BCUT2D eigenvalue weighted by molar-refractivity contribution is 0.0393. The maximum absolute atomic E-state index is 15.0. The zero-order valence-corrected chi connectivity index (χ0v) is 17.7. The van der Waals surface area contributed by atoms with Gasteiger partial charge < -0.3 is 20.6 Å². The summed E-state index contributed by atoms with van der Waals surface area (Å²) in [6.45, 7) is 1.18. The van der Waals surface area contributed by atoms with E-state index in [1.54, 1.807) is 13.1 Å². The number of aromatic nitrogens is 1. The second-order valence-corrected chi connectivity index (χ2v) is 7.98. The summed E-state index contributed by atoms with van der Waals surface area (Å²) in [4.78, 5) is 28.9. The molecule has 0 aliphatic carbocycles. The number of carboxylic acid groups (broad SMARTS) is 1. The fourth-order valence-corrected chi connectivity index (χ4v) is 3.89. The number of alkyl halides is 1. The summed E-state index contributed by atoms with van der Waals surface area (Å²) in [5, 5.41) is 15.0. The van der Waals surface area contributed by atoms with Crippen LogP contribution in [-0.2, 0) is 13.0 Å². The van der Waals surface area contributed by atoms with Crippen LogP contribution in [0.3, 0.4) is 0 Å². The smallest absolute Gasteiger partial charge is 0.407 e. The van der Waals surface area contributed by atoms with E-state index in [2.05, 4.69) is 15.6 Å². The minimum Gasteiger partial charge on any atom is -0.465 e. The molecule has 1 fully saturated rings. The average molecular weight is 429 g/mol. The minimum absolute atomic E-state index is 0.0820. The van der Waals surface area contributed by atoms with E-state index in [4.69, 9.17) is 5.11 Å². The first-order chi connectivity index (χ1) is 14.9. The Morgan fingerprint density at radius 1 is 1.23 bits per heavy atom. The molecule has 0 radical (unpaired) electrons. The second kappa shape index (κ2) is 10.3. The maximum Gasteiger partial charge on any atom is 0.407 e.